The van der Waals surface area contributed by atoms with Crippen LogP contribution in [0.1, 0.15) is 39.9 Å². The summed E-state index contributed by atoms with van der Waals surface area (Å²) in [5.41, 5.74) is -0.263. The molecule has 0 aliphatic carbocycles. The van der Waals surface area contributed by atoms with Gasteiger partial charge in [-0.1, -0.05) is 26.7 Å². The molecule has 0 saturated heterocycles. The maximum Gasteiger partial charge on any atom is 0.138 e. The number of hydrogen-bond donors (Lipinski definition) is 0. The highest BCUT2D eigenvalue weighted by atomic mass is 16.1. The Morgan fingerprint density at radius 1 is 1.47 bits per heavy atom. The monoisotopic (exact) mass is 232 g/mol. The van der Waals surface area contributed by atoms with Gasteiger partial charge in [0.05, 0.1) is 6.54 Å². The molecule has 92 valence electrons. The van der Waals surface area contributed by atoms with Gasteiger partial charge >= 0.3 is 0 Å². The fourth-order valence-corrected chi connectivity index (χ4v) is 1.48. The lowest BCUT2D eigenvalue weighted by atomic mass is 9.88. The summed E-state index contributed by atoms with van der Waals surface area (Å²) in [6.07, 6.45) is 4.89. The van der Waals surface area contributed by atoms with Gasteiger partial charge in [-0.25, -0.2) is 4.98 Å². The van der Waals surface area contributed by atoms with Gasteiger partial charge in [-0.2, -0.15) is 0 Å². The van der Waals surface area contributed by atoms with Crippen molar-refractivity contribution in [3.63, 3.8) is 0 Å². The van der Waals surface area contributed by atoms with E-state index in [1.54, 1.807) is 6.20 Å². The Labute approximate surface area is 103 Å². The van der Waals surface area contributed by atoms with E-state index in [0.29, 0.717) is 19.4 Å². The molecule has 0 aromatic carbocycles. The summed E-state index contributed by atoms with van der Waals surface area (Å²) in [5, 5.41) is 0. The molecule has 0 N–H and O–H groups in total. The molecule has 1 aromatic rings. The third-order valence-corrected chi connectivity index (χ3v) is 2.64. The standard InChI is InChI=1S/C14H20N2O/c1-5-6-10-16-11-9-15-13(16)8-7-12(17)14(2,3)4/h9,11H,7-8,10H2,1-4H3. The molecule has 1 heterocycles. The Kier molecular flexibility index (Phi) is 4.51. The van der Waals surface area contributed by atoms with Gasteiger partial charge < -0.3 is 4.57 Å². The summed E-state index contributed by atoms with van der Waals surface area (Å²) in [6.45, 7) is 8.31. The van der Waals surface area contributed by atoms with Crippen LogP contribution in [0.25, 0.3) is 0 Å². The average molecular weight is 232 g/mol. The molecule has 1 aromatic heterocycles. The second kappa shape index (κ2) is 5.67. The molecule has 0 aliphatic rings. The first-order valence-corrected chi connectivity index (χ1v) is 5.88. The van der Waals surface area contributed by atoms with Crippen molar-refractivity contribution in [3.8, 4) is 11.8 Å². The Hall–Kier alpha value is -1.56. The highest BCUT2D eigenvalue weighted by Gasteiger charge is 2.21. The third kappa shape index (κ3) is 4.07. The fraction of sp³-hybridized carbons (Fsp3) is 0.571. The summed E-state index contributed by atoms with van der Waals surface area (Å²) < 4.78 is 1.99. The first-order chi connectivity index (χ1) is 7.95. The van der Waals surface area contributed by atoms with E-state index in [-0.39, 0.29) is 11.2 Å². The van der Waals surface area contributed by atoms with Crippen LogP contribution >= 0.6 is 0 Å². The third-order valence-electron chi connectivity index (χ3n) is 2.64. The van der Waals surface area contributed by atoms with E-state index in [4.69, 9.17) is 0 Å². The second-order valence-corrected chi connectivity index (χ2v) is 5.07. The zero-order valence-electron chi connectivity index (χ0n) is 11.1. The van der Waals surface area contributed by atoms with Crippen LogP contribution in [0.15, 0.2) is 12.4 Å². The van der Waals surface area contributed by atoms with Crippen molar-refractivity contribution in [2.24, 2.45) is 5.41 Å². The van der Waals surface area contributed by atoms with E-state index in [1.807, 2.05) is 38.5 Å². The molecule has 1 rings (SSSR count). The van der Waals surface area contributed by atoms with E-state index in [2.05, 4.69) is 16.8 Å². The van der Waals surface area contributed by atoms with Gasteiger partial charge in [-0.15, -0.1) is 5.92 Å². The summed E-state index contributed by atoms with van der Waals surface area (Å²) >= 11 is 0. The first-order valence-electron chi connectivity index (χ1n) is 5.88. The van der Waals surface area contributed by atoms with Crippen molar-refractivity contribution < 1.29 is 4.79 Å². The van der Waals surface area contributed by atoms with Gasteiger partial charge in [-0.05, 0) is 6.92 Å². The van der Waals surface area contributed by atoms with Crippen molar-refractivity contribution in [3.05, 3.63) is 18.2 Å². The molecule has 17 heavy (non-hydrogen) atoms. The van der Waals surface area contributed by atoms with Gasteiger partial charge in [0.25, 0.3) is 0 Å². The Morgan fingerprint density at radius 2 is 2.18 bits per heavy atom. The molecule has 0 fully saturated rings. The number of imidazole rings is 1. The number of ketones is 1. The molecule has 0 unspecified atom stereocenters. The molecule has 0 aliphatic heterocycles. The molecular weight excluding hydrogens is 212 g/mol. The predicted molar refractivity (Wildman–Crippen MR) is 68.5 cm³/mol. The zero-order chi connectivity index (χ0) is 12.9. The topological polar surface area (TPSA) is 34.9 Å². The first kappa shape index (κ1) is 13.5. The number of Topliss-reactive ketones (excluding diaryl/α,β-unsaturated/α-hetero) is 1. The number of aromatic nitrogens is 2. The van der Waals surface area contributed by atoms with Gasteiger partial charge in [0, 0.05) is 30.7 Å². The van der Waals surface area contributed by atoms with Crippen LogP contribution in [-0.2, 0) is 17.8 Å². The minimum atomic E-state index is -0.263. The Balaban J connectivity index is 2.60. The summed E-state index contributed by atoms with van der Waals surface area (Å²) in [5.74, 6) is 7.06. The number of nitrogens with zero attached hydrogens (tertiary/aromatic N) is 2. The number of hydrogen-bond acceptors (Lipinski definition) is 2. The molecule has 0 radical (unpaired) electrons. The molecule has 0 amide bonds. The predicted octanol–water partition coefficient (Wildman–Crippen LogP) is 2.45. The number of rotatable bonds is 4. The zero-order valence-corrected chi connectivity index (χ0v) is 11.1. The summed E-state index contributed by atoms with van der Waals surface area (Å²) in [4.78, 5) is 16.1. The van der Waals surface area contributed by atoms with Crippen molar-refractivity contribution in [2.45, 2.75) is 47.1 Å². The summed E-state index contributed by atoms with van der Waals surface area (Å²) in [6, 6.07) is 0. The fourth-order valence-electron chi connectivity index (χ4n) is 1.48. The molecule has 0 atom stereocenters. The molecule has 0 spiro atoms. The van der Waals surface area contributed by atoms with Gasteiger partial charge in [0.15, 0.2) is 0 Å². The maximum atomic E-state index is 11.8. The molecular formula is C14H20N2O. The minimum Gasteiger partial charge on any atom is -0.323 e. The van der Waals surface area contributed by atoms with Crippen LogP contribution < -0.4 is 0 Å². The largest absolute Gasteiger partial charge is 0.323 e. The Bertz CT molecular complexity index is 441. The molecule has 3 nitrogen and oxygen atoms in total. The number of carbonyl (C=O) groups is 1. The SMILES string of the molecule is CC#CCn1ccnc1CCC(=O)C(C)(C)C. The molecule has 0 bridgehead atoms. The van der Waals surface area contributed by atoms with E-state index in [0.717, 1.165) is 5.82 Å². The highest BCUT2D eigenvalue weighted by Crippen LogP contribution is 2.17. The van der Waals surface area contributed by atoms with Crippen LogP contribution in [0, 0.1) is 17.3 Å². The van der Waals surface area contributed by atoms with E-state index < -0.39 is 0 Å². The second-order valence-electron chi connectivity index (χ2n) is 5.07. The van der Waals surface area contributed by atoms with Crippen LogP contribution in [0.2, 0.25) is 0 Å². The van der Waals surface area contributed by atoms with Gasteiger partial charge in [-0.3, -0.25) is 4.79 Å². The quantitative estimate of drug-likeness (QED) is 0.747. The van der Waals surface area contributed by atoms with Gasteiger partial charge in [0.2, 0.25) is 0 Å². The number of carbonyl (C=O) groups excluding carboxylic acids is 1. The number of aryl methyl sites for hydroxylation is 1. The van der Waals surface area contributed by atoms with E-state index in [1.165, 1.54) is 0 Å². The lowest BCUT2D eigenvalue weighted by Crippen LogP contribution is -2.21. The minimum absolute atomic E-state index is 0.263. The van der Waals surface area contributed by atoms with Crippen molar-refractivity contribution in [1.29, 1.82) is 0 Å². The lowest BCUT2D eigenvalue weighted by molar-refractivity contribution is -0.126. The summed E-state index contributed by atoms with van der Waals surface area (Å²) in [7, 11) is 0. The average Bonchev–Trinajstić information content (AvgIpc) is 2.69. The van der Waals surface area contributed by atoms with Crippen LogP contribution in [0.3, 0.4) is 0 Å². The van der Waals surface area contributed by atoms with Crippen LogP contribution in [-0.4, -0.2) is 15.3 Å². The highest BCUT2D eigenvalue weighted by molar-refractivity contribution is 5.83. The smallest absolute Gasteiger partial charge is 0.138 e. The molecule has 0 saturated carbocycles. The lowest BCUT2D eigenvalue weighted by Gasteiger charge is -2.16. The Morgan fingerprint density at radius 3 is 2.76 bits per heavy atom. The van der Waals surface area contributed by atoms with Crippen LogP contribution in [0.5, 0.6) is 0 Å². The molecule has 3 heteroatoms. The normalized spacial score (nSPS) is 10.8. The van der Waals surface area contributed by atoms with Crippen molar-refractivity contribution >= 4 is 5.78 Å². The van der Waals surface area contributed by atoms with Crippen molar-refractivity contribution in [2.75, 3.05) is 0 Å². The van der Waals surface area contributed by atoms with Crippen molar-refractivity contribution in [1.82, 2.24) is 9.55 Å². The van der Waals surface area contributed by atoms with E-state index in [9.17, 15) is 4.79 Å². The van der Waals surface area contributed by atoms with Gasteiger partial charge in [0.1, 0.15) is 11.6 Å². The maximum absolute atomic E-state index is 11.8. The van der Waals surface area contributed by atoms with Crippen LogP contribution in [0.4, 0.5) is 0 Å². The van der Waals surface area contributed by atoms with E-state index >= 15 is 0 Å².